The molecule has 1 amide bonds. The van der Waals surface area contributed by atoms with Gasteiger partial charge in [0.05, 0.1) is 0 Å². The van der Waals surface area contributed by atoms with Crippen LogP contribution in [-0.4, -0.2) is 39.3 Å². The number of carbonyl (C=O) groups excluding carboxylic acids is 1. The number of nitrogens with one attached hydrogen (secondary N) is 2. The number of ether oxygens (including phenoxy) is 1. The van der Waals surface area contributed by atoms with Crippen molar-refractivity contribution >= 4 is 29.9 Å². The van der Waals surface area contributed by atoms with Crippen LogP contribution in [0.4, 0.5) is 0 Å². The summed E-state index contributed by atoms with van der Waals surface area (Å²) in [6, 6.07) is 7.91. The highest BCUT2D eigenvalue weighted by atomic mass is 35.5. The van der Waals surface area contributed by atoms with Gasteiger partial charge in [-0.1, -0.05) is 29.8 Å². The van der Waals surface area contributed by atoms with Crippen LogP contribution in [-0.2, 0) is 14.9 Å². The standard InChI is InChI=1S/C16H23ClN2O2.ClH/c1-18-9-6-15(20)19-12-16(7-10-21-11-8-16)13-4-2-3-5-14(13)17;/h2-5,18H,6-12H2,1H3,(H,19,20);1H. The van der Waals surface area contributed by atoms with Crippen LogP contribution >= 0.6 is 24.0 Å². The molecule has 2 rings (SSSR count). The van der Waals surface area contributed by atoms with Crippen LogP contribution in [0.2, 0.25) is 5.02 Å². The van der Waals surface area contributed by atoms with E-state index in [1.54, 1.807) is 0 Å². The van der Waals surface area contributed by atoms with Gasteiger partial charge in [0, 0.05) is 43.2 Å². The largest absolute Gasteiger partial charge is 0.381 e. The summed E-state index contributed by atoms with van der Waals surface area (Å²) in [4.78, 5) is 11.9. The van der Waals surface area contributed by atoms with E-state index >= 15 is 0 Å². The molecule has 124 valence electrons. The first kappa shape index (κ1) is 19.2. The van der Waals surface area contributed by atoms with Gasteiger partial charge in [-0.15, -0.1) is 12.4 Å². The topological polar surface area (TPSA) is 50.4 Å². The van der Waals surface area contributed by atoms with E-state index in [-0.39, 0.29) is 23.7 Å². The molecule has 0 saturated carbocycles. The van der Waals surface area contributed by atoms with Gasteiger partial charge in [-0.3, -0.25) is 4.79 Å². The minimum atomic E-state index is -0.119. The SMILES string of the molecule is CNCCC(=O)NCC1(c2ccccc2Cl)CCOCC1.Cl. The highest BCUT2D eigenvalue weighted by Crippen LogP contribution is 2.38. The van der Waals surface area contributed by atoms with Crippen molar-refractivity contribution in [1.29, 1.82) is 0 Å². The zero-order valence-corrected chi connectivity index (χ0v) is 14.4. The van der Waals surface area contributed by atoms with E-state index in [2.05, 4.69) is 16.7 Å². The molecular formula is C16H24Cl2N2O2. The number of halogens is 2. The van der Waals surface area contributed by atoms with Gasteiger partial charge in [0.25, 0.3) is 0 Å². The highest BCUT2D eigenvalue weighted by molar-refractivity contribution is 6.31. The van der Waals surface area contributed by atoms with Crippen LogP contribution in [0.1, 0.15) is 24.8 Å². The zero-order valence-electron chi connectivity index (χ0n) is 12.9. The van der Waals surface area contributed by atoms with Crippen molar-refractivity contribution in [1.82, 2.24) is 10.6 Å². The van der Waals surface area contributed by atoms with Crippen molar-refractivity contribution in [3.05, 3.63) is 34.9 Å². The molecule has 0 aromatic heterocycles. The molecule has 0 bridgehead atoms. The Kier molecular flexibility index (Phi) is 8.18. The number of carbonyl (C=O) groups is 1. The molecule has 1 aromatic carbocycles. The fourth-order valence-corrected chi connectivity index (χ4v) is 3.13. The van der Waals surface area contributed by atoms with E-state index < -0.39 is 0 Å². The van der Waals surface area contributed by atoms with Crippen LogP contribution in [0.15, 0.2) is 24.3 Å². The van der Waals surface area contributed by atoms with Crippen molar-refractivity contribution in [2.75, 3.05) is 33.4 Å². The van der Waals surface area contributed by atoms with Gasteiger partial charge in [0.2, 0.25) is 5.91 Å². The predicted molar refractivity (Wildman–Crippen MR) is 92.0 cm³/mol. The molecule has 0 aliphatic carbocycles. The smallest absolute Gasteiger partial charge is 0.221 e. The molecule has 6 heteroatoms. The van der Waals surface area contributed by atoms with Crippen molar-refractivity contribution in [3.63, 3.8) is 0 Å². The lowest BCUT2D eigenvalue weighted by Crippen LogP contribution is -2.45. The molecule has 22 heavy (non-hydrogen) atoms. The molecular weight excluding hydrogens is 323 g/mol. The molecule has 0 unspecified atom stereocenters. The second-order valence-electron chi connectivity index (χ2n) is 5.50. The molecule has 2 N–H and O–H groups in total. The van der Waals surface area contributed by atoms with E-state index in [0.29, 0.717) is 32.7 Å². The quantitative estimate of drug-likeness (QED) is 0.832. The third kappa shape index (κ3) is 4.85. The molecule has 0 radical (unpaired) electrons. The Labute approximate surface area is 143 Å². The average Bonchev–Trinajstić information content (AvgIpc) is 2.52. The molecule has 4 nitrogen and oxygen atoms in total. The molecule has 1 heterocycles. The normalized spacial score (nSPS) is 16.6. The van der Waals surface area contributed by atoms with Crippen LogP contribution in [0.25, 0.3) is 0 Å². The summed E-state index contributed by atoms with van der Waals surface area (Å²) in [5.41, 5.74) is 0.996. The number of hydrogen-bond donors (Lipinski definition) is 2. The summed E-state index contributed by atoms with van der Waals surface area (Å²) >= 11 is 6.38. The predicted octanol–water partition coefficient (Wildman–Crippen LogP) is 2.54. The monoisotopic (exact) mass is 346 g/mol. The fraction of sp³-hybridized carbons (Fsp3) is 0.562. The Balaban J connectivity index is 0.00000242. The minimum Gasteiger partial charge on any atom is -0.381 e. The number of hydrogen-bond acceptors (Lipinski definition) is 3. The Morgan fingerprint density at radius 3 is 2.64 bits per heavy atom. The van der Waals surface area contributed by atoms with E-state index in [1.807, 2.05) is 25.2 Å². The lowest BCUT2D eigenvalue weighted by atomic mass is 9.74. The Hall–Kier alpha value is -0.810. The van der Waals surface area contributed by atoms with Gasteiger partial charge < -0.3 is 15.4 Å². The summed E-state index contributed by atoms with van der Waals surface area (Å²) in [5.74, 6) is 0.0715. The fourth-order valence-electron chi connectivity index (χ4n) is 2.79. The third-order valence-electron chi connectivity index (χ3n) is 4.12. The maximum Gasteiger partial charge on any atom is 0.221 e. The third-order valence-corrected chi connectivity index (χ3v) is 4.45. The lowest BCUT2D eigenvalue weighted by molar-refractivity contribution is -0.121. The van der Waals surface area contributed by atoms with Crippen molar-refractivity contribution in [2.45, 2.75) is 24.7 Å². The molecule has 1 aliphatic rings. The van der Waals surface area contributed by atoms with E-state index in [0.717, 1.165) is 23.4 Å². The molecule has 0 spiro atoms. The van der Waals surface area contributed by atoms with Crippen LogP contribution in [0.5, 0.6) is 0 Å². The van der Waals surface area contributed by atoms with Crippen LogP contribution < -0.4 is 10.6 Å². The van der Waals surface area contributed by atoms with Gasteiger partial charge >= 0.3 is 0 Å². The molecule has 1 aromatic rings. The Bertz CT molecular complexity index is 477. The van der Waals surface area contributed by atoms with Gasteiger partial charge in [-0.2, -0.15) is 0 Å². The summed E-state index contributed by atoms with van der Waals surface area (Å²) in [6.45, 7) is 2.71. The maximum atomic E-state index is 11.9. The second kappa shape index (κ2) is 9.36. The lowest BCUT2D eigenvalue weighted by Gasteiger charge is -2.38. The first-order valence-corrected chi connectivity index (χ1v) is 7.80. The van der Waals surface area contributed by atoms with Gasteiger partial charge in [-0.25, -0.2) is 0 Å². The Morgan fingerprint density at radius 2 is 2.00 bits per heavy atom. The first-order chi connectivity index (χ1) is 10.2. The van der Waals surface area contributed by atoms with E-state index in [1.165, 1.54) is 0 Å². The van der Waals surface area contributed by atoms with Crippen LogP contribution in [0.3, 0.4) is 0 Å². The number of amides is 1. The molecule has 1 fully saturated rings. The summed E-state index contributed by atoms with van der Waals surface area (Å²) in [7, 11) is 1.84. The molecule has 0 atom stereocenters. The number of benzene rings is 1. The average molecular weight is 347 g/mol. The van der Waals surface area contributed by atoms with Gasteiger partial charge in [0.1, 0.15) is 0 Å². The maximum absolute atomic E-state index is 11.9. The second-order valence-corrected chi connectivity index (χ2v) is 5.91. The van der Waals surface area contributed by atoms with Gasteiger partial charge in [0.15, 0.2) is 0 Å². The van der Waals surface area contributed by atoms with Crippen molar-refractivity contribution in [3.8, 4) is 0 Å². The van der Waals surface area contributed by atoms with Gasteiger partial charge in [-0.05, 0) is 31.5 Å². The molecule has 1 saturated heterocycles. The van der Waals surface area contributed by atoms with Crippen molar-refractivity contribution < 1.29 is 9.53 Å². The minimum absolute atomic E-state index is 0. The van der Waals surface area contributed by atoms with Crippen molar-refractivity contribution in [2.24, 2.45) is 0 Å². The van der Waals surface area contributed by atoms with E-state index in [4.69, 9.17) is 16.3 Å². The Morgan fingerprint density at radius 1 is 1.32 bits per heavy atom. The summed E-state index contributed by atoms with van der Waals surface area (Å²) < 4.78 is 5.49. The van der Waals surface area contributed by atoms with Crippen LogP contribution in [0, 0.1) is 0 Å². The highest BCUT2D eigenvalue weighted by Gasteiger charge is 2.36. The number of rotatable bonds is 6. The zero-order chi connectivity index (χ0) is 15.1. The summed E-state index contributed by atoms with van der Waals surface area (Å²) in [6.07, 6.45) is 2.25. The van der Waals surface area contributed by atoms with E-state index in [9.17, 15) is 4.79 Å². The first-order valence-electron chi connectivity index (χ1n) is 7.42. The molecule has 1 aliphatic heterocycles. The summed E-state index contributed by atoms with van der Waals surface area (Å²) in [5, 5.41) is 6.81.